The summed E-state index contributed by atoms with van der Waals surface area (Å²) in [6, 6.07) is 1.44. The third-order valence-corrected chi connectivity index (χ3v) is 6.70. The van der Waals surface area contributed by atoms with Crippen LogP contribution in [0, 0.1) is 11.7 Å². The van der Waals surface area contributed by atoms with Gasteiger partial charge in [-0.05, 0) is 37.5 Å². The lowest BCUT2D eigenvalue weighted by molar-refractivity contribution is -0.140. The quantitative estimate of drug-likeness (QED) is 0.508. The zero-order valence-corrected chi connectivity index (χ0v) is 19.7. The number of hydrogen-bond donors (Lipinski definition) is 3. The average molecular weight is 530 g/mol. The van der Waals surface area contributed by atoms with Gasteiger partial charge in [0.1, 0.15) is 12.4 Å². The van der Waals surface area contributed by atoms with Crippen LogP contribution in [0.2, 0.25) is 5.02 Å². The van der Waals surface area contributed by atoms with E-state index in [0.717, 1.165) is 18.5 Å². The first-order valence-corrected chi connectivity index (χ1v) is 11.6. The minimum Gasteiger partial charge on any atom is -0.381 e. The number of hydrogen-bond acceptors (Lipinski definition) is 7. The minimum atomic E-state index is -4.61. The highest BCUT2D eigenvalue weighted by Crippen LogP contribution is 2.35. The lowest BCUT2D eigenvalue weighted by Crippen LogP contribution is -2.61. The number of nitrogens with zero attached hydrogens (tertiary/aromatic N) is 4. The average Bonchev–Trinajstić information content (AvgIpc) is 2.81. The van der Waals surface area contributed by atoms with Gasteiger partial charge in [-0.25, -0.2) is 9.97 Å². The van der Waals surface area contributed by atoms with Gasteiger partial charge in [0.05, 0.1) is 17.5 Å². The van der Waals surface area contributed by atoms with Crippen molar-refractivity contribution in [1.29, 1.82) is 0 Å². The summed E-state index contributed by atoms with van der Waals surface area (Å²) in [7, 11) is 0. The predicted octanol–water partition coefficient (Wildman–Crippen LogP) is 2.65. The third-order valence-electron chi connectivity index (χ3n) is 6.48. The normalized spacial score (nSPS) is 23.0. The zero-order valence-electron chi connectivity index (χ0n) is 18.9. The van der Waals surface area contributed by atoms with Crippen LogP contribution in [0.4, 0.5) is 34.9 Å². The number of carbonyl (C=O) groups excluding carboxylic acids is 2. The second kappa shape index (κ2) is 9.96. The number of nitrogens with two attached hydrogens (primary N) is 2. The lowest BCUT2D eigenvalue weighted by atomic mass is 9.87. The molecule has 2 amide bonds. The Labute approximate surface area is 208 Å². The molecule has 9 nitrogen and oxygen atoms in total. The molecule has 0 saturated carbocycles. The van der Waals surface area contributed by atoms with Gasteiger partial charge in [0.25, 0.3) is 0 Å². The molecule has 2 aliphatic heterocycles. The topological polar surface area (TPSA) is 130 Å². The fourth-order valence-corrected chi connectivity index (χ4v) is 5.00. The number of nitrogens with one attached hydrogen (secondary N) is 1. The number of nitrogen functional groups attached to an aromatic ring is 1. The number of halogens is 5. The Morgan fingerprint density at radius 3 is 2.61 bits per heavy atom. The van der Waals surface area contributed by atoms with Gasteiger partial charge < -0.3 is 26.6 Å². The smallest absolute Gasteiger partial charge is 0.381 e. The van der Waals surface area contributed by atoms with Crippen LogP contribution in [-0.2, 0) is 15.8 Å². The van der Waals surface area contributed by atoms with Crippen molar-refractivity contribution in [2.45, 2.75) is 37.5 Å². The molecule has 3 heterocycles. The molecule has 0 radical (unpaired) electrons. The second-order valence-corrected chi connectivity index (χ2v) is 9.24. The summed E-state index contributed by atoms with van der Waals surface area (Å²) in [5, 5.41) is 2.72. The summed E-state index contributed by atoms with van der Waals surface area (Å²) >= 11 is 5.87. The van der Waals surface area contributed by atoms with E-state index in [1.54, 1.807) is 4.90 Å². The lowest BCUT2D eigenvalue weighted by Gasteiger charge is -2.46. The molecule has 5 N–H and O–H groups in total. The van der Waals surface area contributed by atoms with Crippen molar-refractivity contribution in [2.75, 3.05) is 35.6 Å². The van der Waals surface area contributed by atoms with Crippen LogP contribution in [0.15, 0.2) is 24.5 Å². The Balaban J connectivity index is 1.57. The van der Waals surface area contributed by atoms with E-state index in [1.807, 2.05) is 0 Å². The van der Waals surface area contributed by atoms with Crippen molar-refractivity contribution in [3.63, 3.8) is 0 Å². The zero-order chi connectivity index (χ0) is 26.2. The Morgan fingerprint density at radius 2 is 1.92 bits per heavy atom. The maximum atomic E-state index is 14.6. The van der Waals surface area contributed by atoms with Gasteiger partial charge >= 0.3 is 6.18 Å². The number of alkyl halides is 3. The molecule has 2 aromatic rings. The van der Waals surface area contributed by atoms with Crippen LogP contribution in [-0.4, -0.2) is 58.4 Å². The van der Waals surface area contributed by atoms with Crippen molar-refractivity contribution in [3.8, 4) is 0 Å². The third kappa shape index (κ3) is 5.25. The van der Waals surface area contributed by atoms with E-state index in [-0.39, 0.29) is 41.9 Å². The minimum absolute atomic E-state index is 0.0466. The first-order valence-electron chi connectivity index (χ1n) is 11.2. The van der Waals surface area contributed by atoms with Crippen LogP contribution in [0.25, 0.3) is 0 Å². The van der Waals surface area contributed by atoms with Crippen LogP contribution in [0.5, 0.6) is 0 Å². The number of anilines is 3. The Hall–Kier alpha value is -3.35. The molecule has 14 heteroatoms. The molecule has 4 rings (SSSR count). The molecule has 2 aliphatic rings. The van der Waals surface area contributed by atoms with Gasteiger partial charge in [-0.15, -0.1) is 0 Å². The summed E-state index contributed by atoms with van der Waals surface area (Å²) in [4.78, 5) is 36.3. The van der Waals surface area contributed by atoms with E-state index < -0.39 is 47.4 Å². The molecule has 2 unspecified atom stereocenters. The molecule has 0 aliphatic carbocycles. The standard InChI is InChI=1S/C22H24ClF4N7O2/c23-12-6-11(22(25,26)27)7-13(8-12)32-15-2-1-4-34(21(15)36)16-9-33(5-3-14(16)19(29)35)20-17(24)18(28)30-10-31-20/h6-8,10,14-16,32H,1-5,9H2,(H2,29,35)(H2,28,30,31)/t14-,15?,16?/m0/s1. The van der Waals surface area contributed by atoms with Gasteiger partial charge in [-0.3, -0.25) is 9.59 Å². The van der Waals surface area contributed by atoms with Crippen LogP contribution >= 0.6 is 11.6 Å². The number of amides is 2. The van der Waals surface area contributed by atoms with Crippen LogP contribution in [0.3, 0.4) is 0 Å². The molecule has 3 atom stereocenters. The van der Waals surface area contributed by atoms with Crippen molar-refractivity contribution in [1.82, 2.24) is 14.9 Å². The van der Waals surface area contributed by atoms with E-state index in [9.17, 15) is 27.2 Å². The van der Waals surface area contributed by atoms with Gasteiger partial charge in [-0.2, -0.15) is 17.6 Å². The SMILES string of the molecule is NC(=O)[C@H]1CCN(c2ncnc(N)c2F)CC1N1CCCC(Nc2cc(Cl)cc(C(F)(F)F)c2)C1=O. The summed E-state index contributed by atoms with van der Waals surface area (Å²) in [6.07, 6.45) is -2.36. The Kier molecular flexibility index (Phi) is 7.12. The molecule has 1 aromatic heterocycles. The fraction of sp³-hybridized carbons (Fsp3) is 0.455. The van der Waals surface area contributed by atoms with Crippen LogP contribution in [0.1, 0.15) is 24.8 Å². The predicted molar refractivity (Wildman–Crippen MR) is 125 cm³/mol. The van der Waals surface area contributed by atoms with Gasteiger partial charge in [0.2, 0.25) is 17.6 Å². The van der Waals surface area contributed by atoms with E-state index >= 15 is 0 Å². The number of carbonyl (C=O) groups is 2. The highest BCUT2D eigenvalue weighted by atomic mass is 35.5. The first kappa shape index (κ1) is 25.7. The number of likely N-dealkylation sites (tertiary alicyclic amines) is 1. The van der Waals surface area contributed by atoms with E-state index in [1.165, 1.54) is 11.0 Å². The summed E-state index contributed by atoms with van der Waals surface area (Å²) in [5.74, 6) is -2.89. The molecule has 36 heavy (non-hydrogen) atoms. The summed E-state index contributed by atoms with van der Waals surface area (Å²) in [5.41, 5.74) is 10.3. The number of piperidine rings is 2. The van der Waals surface area contributed by atoms with Crippen molar-refractivity contribution < 1.29 is 27.2 Å². The molecular formula is C22H24ClF4N7O2. The van der Waals surface area contributed by atoms with Crippen molar-refractivity contribution in [2.24, 2.45) is 11.7 Å². The number of benzene rings is 1. The number of aromatic nitrogens is 2. The highest BCUT2D eigenvalue weighted by Gasteiger charge is 2.43. The van der Waals surface area contributed by atoms with E-state index in [0.29, 0.717) is 19.4 Å². The maximum Gasteiger partial charge on any atom is 0.416 e. The van der Waals surface area contributed by atoms with Crippen LogP contribution < -0.4 is 21.7 Å². The highest BCUT2D eigenvalue weighted by molar-refractivity contribution is 6.31. The molecule has 2 saturated heterocycles. The van der Waals surface area contributed by atoms with Gasteiger partial charge in [0, 0.05) is 30.3 Å². The maximum absolute atomic E-state index is 14.6. The fourth-order valence-electron chi connectivity index (χ4n) is 4.77. The van der Waals surface area contributed by atoms with Gasteiger partial charge in [-0.1, -0.05) is 11.6 Å². The number of primary amides is 1. The monoisotopic (exact) mass is 529 g/mol. The van der Waals surface area contributed by atoms with Crippen molar-refractivity contribution in [3.05, 3.63) is 40.9 Å². The summed E-state index contributed by atoms with van der Waals surface area (Å²) in [6.45, 7) is 0.621. The molecule has 194 valence electrons. The summed E-state index contributed by atoms with van der Waals surface area (Å²) < 4.78 is 54.2. The first-order chi connectivity index (χ1) is 17.0. The van der Waals surface area contributed by atoms with E-state index in [2.05, 4.69) is 15.3 Å². The van der Waals surface area contributed by atoms with Gasteiger partial charge in [0.15, 0.2) is 11.6 Å². The molecular weight excluding hydrogens is 506 g/mol. The largest absolute Gasteiger partial charge is 0.416 e. The molecule has 0 spiro atoms. The Bertz CT molecular complexity index is 1170. The molecule has 0 bridgehead atoms. The second-order valence-electron chi connectivity index (χ2n) is 8.80. The molecule has 1 aromatic carbocycles. The van der Waals surface area contributed by atoms with E-state index in [4.69, 9.17) is 23.1 Å². The molecule has 2 fully saturated rings. The number of rotatable bonds is 5. The van der Waals surface area contributed by atoms with Crippen molar-refractivity contribution >= 4 is 40.7 Å². The Morgan fingerprint density at radius 1 is 1.17 bits per heavy atom.